The lowest BCUT2D eigenvalue weighted by Crippen LogP contribution is -2.11. The number of nitrogens with one attached hydrogen (secondary N) is 1. The Morgan fingerprint density at radius 3 is 2.80 bits per heavy atom. The van der Waals surface area contributed by atoms with Crippen molar-refractivity contribution in [2.45, 2.75) is 13.8 Å². The Bertz CT molecular complexity index is 201. The van der Waals surface area contributed by atoms with Gasteiger partial charge < -0.3 is 5.32 Å². The predicted molar refractivity (Wildman–Crippen MR) is 40.2 cm³/mol. The Morgan fingerprint density at radius 2 is 2.10 bits per heavy atom. The normalized spacial score (nSPS) is 22.0. The van der Waals surface area contributed by atoms with Gasteiger partial charge in [0.15, 0.2) is 0 Å². The summed E-state index contributed by atoms with van der Waals surface area (Å²) in [5.74, 6) is -0.0539. The smallest absolute Gasteiger partial charge is 0.247 e. The molecule has 0 fully saturated rings. The molecule has 0 atom stereocenters. The van der Waals surface area contributed by atoms with Crippen LogP contribution in [0.3, 0.4) is 0 Å². The summed E-state index contributed by atoms with van der Waals surface area (Å²) >= 11 is 0. The van der Waals surface area contributed by atoms with E-state index in [1.807, 2.05) is 26.0 Å². The molecule has 0 bridgehead atoms. The lowest BCUT2D eigenvalue weighted by atomic mass is 9.94. The number of amides is 1. The topological polar surface area (TPSA) is 29.1 Å². The molecule has 0 spiro atoms. The lowest BCUT2D eigenvalue weighted by Gasteiger charge is -2.11. The molecular weight excluding hydrogens is 126 g/mol. The fourth-order valence-corrected chi connectivity index (χ4v) is 0.733. The lowest BCUT2D eigenvalue weighted by molar-refractivity contribution is -0.115. The molecule has 54 valence electrons. The average molecular weight is 137 g/mol. The minimum absolute atomic E-state index is 0.000833. The van der Waals surface area contributed by atoms with Gasteiger partial charge >= 0.3 is 0 Å². The molecule has 0 aromatic rings. The van der Waals surface area contributed by atoms with Gasteiger partial charge in [0.1, 0.15) is 0 Å². The molecule has 2 heteroatoms. The first-order valence-electron chi connectivity index (χ1n) is 3.28. The number of allylic oxidation sites excluding steroid dienone is 2. The monoisotopic (exact) mass is 137 g/mol. The van der Waals surface area contributed by atoms with Gasteiger partial charge in [-0.3, -0.25) is 4.79 Å². The summed E-state index contributed by atoms with van der Waals surface area (Å²) in [6, 6.07) is 0. The Balaban J connectivity index is 2.84. The summed E-state index contributed by atoms with van der Waals surface area (Å²) in [5, 5.41) is 2.59. The molecule has 0 aromatic carbocycles. The van der Waals surface area contributed by atoms with Gasteiger partial charge in [-0.15, -0.1) is 0 Å². The van der Waals surface area contributed by atoms with E-state index in [1.54, 1.807) is 12.3 Å². The largest absolute Gasteiger partial charge is 0.329 e. The number of carbonyl (C=O) groups excluding carboxylic acids is 1. The molecule has 0 aliphatic carbocycles. The minimum atomic E-state index is -0.0539. The zero-order valence-electron chi connectivity index (χ0n) is 6.22. The third-order valence-corrected chi connectivity index (χ3v) is 1.40. The maximum Gasteiger partial charge on any atom is 0.247 e. The summed E-state index contributed by atoms with van der Waals surface area (Å²) in [6.45, 7) is 4.08. The van der Waals surface area contributed by atoms with Crippen molar-refractivity contribution in [3.05, 3.63) is 24.4 Å². The fourth-order valence-electron chi connectivity index (χ4n) is 0.733. The summed E-state index contributed by atoms with van der Waals surface area (Å²) < 4.78 is 0. The number of carbonyl (C=O) groups is 1. The number of rotatable bonds is 0. The van der Waals surface area contributed by atoms with Gasteiger partial charge in [0.05, 0.1) is 0 Å². The fraction of sp³-hybridized carbons (Fsp3) is 0.375. The molecule has 0 saturated carbocycles. The average Bonchev–Trinajstić information content (AvgIpc) is 1.94. The van der Waals surface area contributed by atoms with Gasteiger partial charge in [0, 0.05) is 17.7 Å². The van der Waals surface area contributed by atoms with E-state index in [0.717, 1.165) is 0 Å². The molecule has 1 rings (SSSR count). The Hall–Kier alpha value is -1.05. The Labute approximate surface area is 60.6 Å². The molecule has 10 heavy (non-hydrogen) atoms. The first-order chi connectivity index (χ1) is 4.60. The highest BCUT2D eigenvalue weighted by molar-refractivity contribution is 5.88. The van der Waals surface area contributed by atoms with Crippen molar-refractivity contribution in [1.82, 2.24) is 5.32 Å². The van der Waals surface area contributed by atoms with E-state index in [1.165, 1.54) is 0 Å². The predicted octanol–water partition coefficient (Wildman–Crippen LogP) is 1.21. The van der Waals surface area contributed by atoms with Crippen LogP contribution in [-0.2, 0) is 4.79 Å². The second-order valence-corrected chi connectivity index (χ2v) is 3.00. The summed E-state index contributed by atoms with van der Waals surface area (Å²) in [6.07, 6.45) is 7.07. The highest BCUT2D eigenvalue weighted by Crippen LogP contribution is 2.19. The van der Waals surface area contributed by atoms with Gasteiger partial charge in [0.25, 0.3) is 0 Å². The van der Waals surface area contributed by atoms with E-state index in [-0.39, 0.29) is 11.3 Å². The Kier molecular flexibility index (Phi) is 1.62. The van der Waals surface area contributed by atoms with Gasteiger partial charge in [-0.2, -0.15) is 0 Å². The second kappa shape index (κ2) is 2.29. The van der Waals surface area contributed by atoms with Crippen molar-refractivity contribution in [1.29, 1.82) is 0 Å². The van der Waals surface area contributed by atoms with Crippen molar-refractivity contribution in [2.75, 3.05) is 0 Å². The van der Waals surface area contributed by atoms with Crippen LogP contribution in [0, 0.1) is 5.41 Å². The van der Waals surface area contributed by atoms with Crippen molar-refractivity contribution < 1.29 is 4.79 Å². The van der Waals surface area contributed by atoms with E-state index >= 15 is 0 Å². The summed E-state index contributed by atoms with van der Waals surface area (Å²) in [4.78, 5) is 10.7. The zero-order chi connectivity index (χ0) is 7.61. The maximum absolute atomic E-state index is 10.7. The summed E-state index contributed by atoms with van der Waals surface area (Å²) in [5.41, 5.74) is -0.000833. The molecule has 0 saturated heterocycles. The van der Waals surface area contributed by atoms with E-state index in [4.69, 9.17) is 0 Å². The van der Waals surface area contributed by atoms with Crippen LogP contribution >= 0.6 is 0 Å². The first-order valence-corrected chi connectivity index (χ1v) is 3.28. The van der Waals surface area contributed by atoms with Crippen molar-refractivity contribution in [3.63, 3.8) is 0 Å². The highest BCUT2D eigenvalue weighted by atomic mass is 16.1. The Morgan fingerprint density at radius 1 is 1.40 bits per heavy atom. The van der Waals surface area contributed by atoms with Crippen LogP contribution < -0.4 is 5.32 Å². The molecule has 1 heterocycles. The van der Waals surface area contributed by atoms with Crippen LogP contribution in [0.5, 0.6) is 0 Å². The SMILES string of the molecule is CC1(C)C=CNC(=O)C=C1. The molecule has 0 unspecified atom stereocenters. The van der Waals surface area contributed by atoms with E-state index in [0.29, 0.717) is 0 Å². The molecule has 0 aromatic heterocycles. The van der Waals surface area contributed by atoms with Crippen molar-refractivity contribution >= 4 is 5.91 Å². The molecule has 0 radical (unpaired) electrons. The van der Waals surface area contributed by atoms with Crippen molar-refractivity contribution in [3.8, 4) is 0 Å². The molecule has 1 N–H and O–H groups in total. The highest BCUT2D eigenvalue weighted by Gasteiger charge is 2.11. The molecule has 1 amide bonds. The van der Waals surface area contributed by atoms with Gasteiger partial charge in [0.2, 0.25) is 5.91 Å². The molecule has 2 nitrogen and oxygen atoms in total. The number of hydrogen-bond acceptors (Lipinski definition) is 1. The van der Waals surface area contributed by atoms with Gasteiger partial charge in [-0.05, 0) is 0 Å². The first kappa shape index (κ1) is 7.06. The van der Waals surface area contributed by atoms with Crippen molar-refractivity contribution in [2.24, 2.45) is 5.41 Å². The van der Waals surface area contributed by atoms with Crippen LogP contribution in [0.2, 0.25) is 0 Å². The molecule has 1 aliphatic heterocycles. The maximum atomic E-state index is 10.7. The molecule has 1 aliphatic rings. The zero-order valence-corrected chi connectivity index (χ0v) is 6.22. The molecular formula is C8H11NO. The third kappa shape index (κ3) is 1.72. The minimum Gasteiger partial charge on any atom is -0.329 e. The second-order valence-electron chi connectivity index (χ2n) is 3.00. The third-order valence-electron chi connectivity index (χ3n) is 1.40. The van der Waals surface area contributed by atoms with Crippen LogP contribution in [-0.4, -0.2) is 5.91 Å². The summed E-state index contributed by atoms with van der Waals surface area (Å²) in [7, 11) is 0. The van der Waals surface area contributed by atoms with Crippen LogP contribution in [0.1, 0.15) is 13.8 Å². The van der Waals surface area contributed by atoms with Crippen LogP contribution in [0.15, 0.2) is 24.4 Å². The number of hydrogen-bond donors (Lipinski definition) is 1. The van der Waals surface area contributed by atoms with E-state index in [2.05, 4.69) is 5.32 Å². The van der Waals surface area contributed by atoms with Crippen LogP contribution in [0.4, 0.5) is 0 Å². The van der Waals surface area contributed by atoms with E-state index < -0.39 is 0 Å². The van der Waals surface area contributed by atoms with Crippen LogP contribution in [0.25, 0.3) is 0 Å². The standard InChI is InChI=1S/C8H11NO/c1-8(2)4-3-7(10)9-6-5-8/h3-6H,1-2H3,(H,9,10). The quantitative estimate of drug-likeness (QED) is 0.534. The van der Waals surface area contributed by atoms with Gasteiger partial charge in [-0.1, -0.05) is 26.0 Å². The van der Waals surface area contributed by atoms with E-state index in [9.17, 15) is 4.79 Å². The van der Waals surface area contributed by atoms with Gasteiger partial charge in [-0.25, -0.2) is 0 Å².